The summed E-state index contributed by atoms with van der Waals surface area (Å²) in [5.41, 5.74) is 9.81. The molecule has 0 aliphatic rings. The highest BCUT2D eigenvalue weighted by molar-refractivity contribution is 6.02. The van der Waals surface area contributed by atoms with Crippen LogP contribution in [0.2, 0.25) is 0 Å². The summed E-state index contributed by atoms with van der Waals surface area (Å²) in [6, 6.07) is 17.9. The molecule has 3 N–H and O–H groups in total. The Bertz CT molecular complexity index is 1980. The SMILES string of the molecule is CC(C)n1cc(-c2ccc(F)cc2)c(=O)c2c(Nc3ccc(-c4cccc5c4c(N)nn5C)c(F)c3)nccc21. The molecule has 0 aliphatic heterocycles. The number of aromatic nitrogens is 4. The Morgan fingerprint density at radius 1 is 0.900 bits per heavy atom. The van der Waals surface area contributed by atoms with Crippen LogP contribution in [0.25, 0.3) is 44.1 Å². The molecule has 0 fully saturated rings. The molecule has 0 spiro atoms. The summed E-state index contributed by atoms with van der Waals surface area (Å²) in [7, 11) is 1.79. The number of nitrogens with two attached hydrogens (primary N) is 1. The molecule has 7 nitrogen and oxygen atoms in total. The number of pyridine rings is 2. The highest BCUT2D eigenvalue weighted by Gasteiger charge is 2.18. The van der Waals surface area contributed by atoms with Gasteiger partial charge in [0, 0.05) is 42.3 Å². The minimum atomic E-state index is -0.465. The second-order valence-corrected chi connectivity index (χ2v) is 9.96. The molecular formula is C31H26F2N6O. The van der Waals surface area contributed by atoms with Gasteiger partial charge in [-0.3, -0.25) is 9.48 Å². The molecule has 0 saturated heterocycles. The van der Waals surface area contributed by atoms with Crippen molar-refractivity contribution in [3.63, 3.8) is 0 Å². The van der Waals surface area contributed by atoms with Crippen molar-refractivity contribution >= 4 is 39.1 Å². The van der Waals surface area contributed by atoms with Crippen LogP contribution < -0.4 is 16.5 Å². The predicted octanol–water partition coefficient (Wildman–Crippen LogP) is 6.80. The average molecular weight is 537 g/mol. The molecule has 6 rings (SSSR count). The number of hydrogen-bond donors (Lipinski definition) is 2. The van der Waals surface area contributed by atoms with Crippen molar-refractivity contribution in [1.82, 2.24) is 19.3 Å². The quantitative estimate of drug-likeness (QED) is 0.253. The van der Waals surface area contributed by atoms with E-state index in [9.17, 15) is 9.18 Å². The van der Waals surface area contributed by atoms with Crippen molar-refractivity contribution in [3.05, 3.63) is 101 Å². The zero-order valence-corrected chi connectivity index (χ0v) is 22.1. The van der Waals surface area contributed by atoms with Gasteiger partial charge in [-0.05, 0) is 67.4 Å². The Labute approximate surface area is 228 Å². The maximum atomic E-state index is 15.6. The first kappa shape index (κ1) is 25.2. The molecule has 0 bridgehead atoms. The first-order chi connectivity index (χ1) is 19.2. The number of halogens is 2. The van der Waals surface area contributed by atoms with E-state index >= 15 is 4.39 Å². The van der Waals surface area contributed by atoms with Crippen LogP contribution in [0.5, 0.6) is 0 Å². The number of rotatable bonds is 5. The molecule has 0 amide bonds. The van der Waals surface area contributed by atoms with Crippen molar-refractivity contribution in [2.45, 2.75) is 19.9 Å². The van der Waals surface area contributed by atoms with Gasteiger partial charge in [0.25, 0.3) is 0 Å². The van der Waals surface area contributed by atoms with Crippen LogP contribution in [0.4, 0.5) is 26.1 Å². The molecule has 0 saturated carbocycles. The van der Waals surface area contributed by atoms with Gasteiger partial charge in [-0.1, -0.05) is 24.3 Å². The largest absolute Gasteiger partial charge is 0.382 e. The molecule has 0 atom stereocenters. The lowest BCUT2D eigenvalue weighted by Gasteiger charge is -2.19. The standard InChI is InChI=1S/C31H26F2N6O/c1-17(2)39-16-23(18-7-9-19(32)10-8-18)29(40)28-26(39)13-14-35-31(28)36-20-11-12-21(24(33)15-20)22-5-4-6-25-27(22)30(34)37-38(25)3/h4-17H,1-3H3,(H2,34,37)(H,35,36). The Hall–Kier alpha value is -5.05. The highest BCUT2D eigenvalue weighted by atomic mass is 19.1. The van der Waals surface area contributed by atoms with Crippen LogP contribution in [0.1, 0.15) is 19.9 Å². The summed E-state index contributed by atoms with van der Waals surface area (Å²) >= 11 is 0. The summed E-state index contributed by atoms with van der Waals surface area (Å²) in [5.74, 6) is -0.224. The highest BCUT2D eigenvalue weighted by Crippen LogP contribution is 2.35. The van der Waals surface area contributed by atoms with Gasteiger partial charge in [-0.2, -0.15) is 5.10 Å². The number of nitrogens with zero attached hydrogens (tertiary/aromatic N) is 4. The fourth-order valence-corrected chi connectivity index (χ4v) is 5.17. The molecule has 3 aromatic heterocycles. The van der Waals surface area contributed by atoms with Crippen LogP contribution in [0, 0.1) is 11.6 Å². The number of nitrogens with one attached hydrogen (secondary N) is 1. The van der Waals surface area contributed by atoms with E-state index in [0.717, 1.165) is 5.52 Å². The van der Waals surface area contributed by atoms with Gasteiger partial charge < -0.3 is 15.6 Å². The Morgan fingerprint density at radius 3 is 2.40 bits per heavy atom. The van der Waals surface area contributed by atoms with E-state index in [1.54, 1.807) is 54.5 Å². The van der Waals surface area contributed by atoms with Crippen molar-refractivity contribution in [1.29, 1.82) is 0 Å². The van der Waals surface area contributed by atoms with Crippen LogP contribution in [-0.4, -0.2) is 19.3 Å². The Morgan fingerprint density at radius 2 is 1.68 bits per heavy atom. The van der Waals surface area contributed by atoms with E-state index in [-0.39, 0.29) is 17.3 Å². The summed E-state index contributed by atoms with van der Waals surface area (Å²) in [5, 5.41) is 8.46. The van der Waals surface area contributed by atoms with Gasteiger partial charge >= 0.3 is 0 Å². The van der Waals surface area contributed by atoms with Crippen LogP contribution >= 0.6 is 0 Å². The van der Waals surface area contributed by atoms with Gasteiger partial charge in [0.2, 0.25) is 5.43 Å². The fraction of sp³-hybridized carbons (Fsp3) is 0.129. The molecular weight excluding hydrogens is 510 g/mol. The normalized spacial score (nSPS) is 11.6. The number of hydrogen-bond acceptors (Lipinski definition) is 5. The zero-order chi connectivity index (χ0) is 28.1. The molecule has 200 valence electrons. The summed E-state index contributed by atoms with van der Waals surface area (Å²) < 4.78 is 32.8. The molecule has 0 unspecified atom stereocenters. The minimum Gasteiger partial charge on any atom is -0.382 e. The second-order valence-electron chi connectivity index (χ2n) is 9.96. The lowest BCUT2D eigenvalue weighted by Crippen LogP contribution is -2.15. The third-order valence-corrected chi connectivity index (χ3v) is 7.09. The first-order valence-corrected chi connectivity index (χ1v) is 12.8. The summed E-state index contributed by atoms with van der Waals surface area (Å²) in [6.07, 6.45) is 3.39. The maximum absolute atomic E-state index is 15.6. The van der Waals surface area contributed by atoms with Crippen molar-refractivity contribution in [2.24, 2.45) is 7.05 Å². The topological polar surface area (TPSA) is 90.8 Å². The van der Waals surface area contributed by atoms with E-state index in [1.165, 1.54) is 18.2 Å². The molecule has 3 heterocycles. The van der Waals surface area contributed by atoms with E-state index in [4.69, 9.17) is 5.73 Å². The molecule has 9 heteroatoms. The lowest BCUT2D eigenvalue weighted by atomic mass is 10.0. The third-order valence-electron chi connectivity index (χ3n) is 7.09. The van der Waals surface area contributed by atoms with E-state index in [0.29, 0.717) is 55.9 Å². The van der Waals surface area contributed by atoms with Gasteiger partial charge in [-0.15, -0.1) is 0 Å². The maximum Gasteiger partial charge on any atom is 0.200 e. The molecule has 0 radical (unpaired) electrons. The van der Waals surface area contributed by atoms with Gasteiger partial charge in [0.05, 0.1) is 21.8 Å². The summed E-state index contributed by atoms with van der Waals surface area (Å²) in [4.78, 5) is 18.2. The number of anilines is 3. The van der Waals surface area contributed by atoms with Gasteiger partial charge in [-0.25, -0.2) is 13.8 Å². The fourth-order valence-electron chi connectivity index (χ4n) is 5.17. The van der Waals surface area contributed by atoms with Crippen molar-refractivity contribution in [3.8, 4) is 22.3 Å². The van der Waals surface area contributed by atoms with Gasteiger partial charge in [0.1, 0.15) is 17.5 Å². The predicted molar refractivity (Wildman–Crippen MR) is 156 cm³/mol. The molecule has 6 aromatic rings. The van der Waals surface area contributed by atoms with Crippen LogP contribution in [0.15, 0.2) is 83.9 Å². The number of fused-ring (bicyclic) bond motifs is 2. The van der Waals surface area contributed by atoms with E-state index in [1.807, 2.05) is 36.6 Å². The smallest absolute Gasteiger partial charge is 0.200 e. The van der Waals surface area contributed by atoms with E-state index in [2.05, 4.69) is 15.4 Å². The summed E-state index contributed by atoms with van der Waals surface area (Å²) in [6.45, 7) is 4.02. The number of nitrogen functional groups attached to an aromatic ring is 1. The van der Waals surface area contributed by atoms with Crippen LogP contribution in [-0.2, 0) is 7.05 Å². The molecule has 0 aliphatic carbocycles. The first-order valence-electron chi connectivity index (χ1n) is 12.8. The molecule has 40 heavy (non-hydrogen) atoms. The van der Waals surface area contributed by atoms with Crippen LogP contribution in [0.3, 0.4) is 0 Å². The van der Waals surface area contributed by atoms with E-state index < -0.39 is 5.82 Å². The average Bonchev–Trinajstić information content (AvgIpc) is 3.23. The zero-order valence-electron chi connectivity index (χ0n) is 22.1. The number of benzene rings is 3. The number of aryl methyl sites for hydroxylation is 1. The monoisotopic (exact) mass is 536 g/mol. The minimum absolute atomic E-state index is 0.0249. The van der Waals surface area contributed by atoms with Gasteiger partial charge in [0.15, 0.2) is 5.82 Å². The Balaban J connectivity index is 1.46. The van der Waals surface area contributed by atoms with Crippen molar-refractivity contribution in [2.75, 3.05) is 11.1 Å². The second kappa shape index (κ2) is 9.60. The van der Waals surface area contributed by atoms with Crippen molar-refractivity contribution < 1.29 is 8.78 Å². The Kier molecular flexibility index (Phi) is 6.06. The lowest BCUT2D eigenvalue weighted by molar-refractivity contribution is 0.618. The third kappa shape index (κ3) is 4.16. The molecule has 3 aromatic carbocycles.